The molecule has 12 heteroatoms. The Labute approximate surface area is 169 Å². The van der Waals surface area contributed by atoms with E-state index in [1.54, 1.807) is 15.9 Å². The van der Waals surface area contributed by atoms with Crippen molar-refractivity contribution in [1.82, 2.24) is 24.6 Å². The van der Waals surface area contributed by atoms with Crippen molar-refractivity contribution in [1.29, 1.82) is 5.26 Å². The third-order valence-electron chi connectivity index (χ3n) is 4.53. The molecule has 0 unspecified atom stereocenters. The number of amides is 2. The van der Waals surface area contributed by atoms with E-state index in [9.17, 15) is 22.8 Å². The molecule has 2 aromatic rings. The predicted molar refractivity (Wildman–Crippen MR) is 97.8 cm³/mol. The lowest BCUT2D eigenvalue weighted by atomic mass is 10.1. The first-order valence-electron chi connectivity index (χ1n) is 9.02. The molecule has 1 N–H and O–H groups in total. The van der Waals surface area contributed by atoms with E-state index < -0.39 is 17.6 Å². The van der Waals surface area contributed by atoms with Gasteiger partial charge in [0.2, 0.25) is 11.8 Å². The minimum atomic E-state index is -4.56. The summed E-state index contributed by atoms with van der Waals surface area (Å²) in [6, 6.07) is 6.58. The molecule has 1 aromatic heterocycles. The number of rotatable bonds is 5. The number of nitrogens with one attached hydrogen (secondary N) is 1. The summed E-state index contributed by atoms with van der Waals surface area (Å²) >= 11 is 0. The zero-order valence-electron chi connectivity index (χ0n) is 15.8. The Bertz CT molecular complexity index is 959. The molecule has 30 heavy (non-hydrogen) atoms. The molecule has 2 heterocycles. The first-order valence-corrected chi connectivity index (χ1v) is 9.02. The first kappa shape index (κ1) is 21.3. The van der Waals surface area contributed by atoms with Crippen molar-refractivity contribution in [2.75, 3.05) is 38.0 Å². The summed E-state index contributed by atoms with van der Waals surface area (Å²) < 4.78 is 40.4. The topological polar surface area (TPSA) is 107 Å². The fraction of sp³-hybridized carbons (Fsp3) is 0.389. The van der Waals surface area contributed by atoms with Crippen molar-refractivity contribution in [3.63, 3.8) is 0 Å². The third-order valence-corrected chi connectivity index (χ3v) is 4.53. The number of hydrogen-bond acceptors (Lipinski definition) is 6. The Balaban J connectivity index is 1.48. The van der Waals surface area contributed by atoms with E-state index in [4.69, 9.17) is 5.26 Å². The van der Waals surface area contributed by atoms with Crippen LogP contribution in [0.25, 0.3) is 0 Å². The SMILES string of the molecule is N#Cc1ncn(CC(=O)N2CCN(CC(=O)Nc3ccccc3C(F)(F)F)CC2)n1. The molecule has 0 atom stereocenters. The van der Waals surface area contributed by atoms with Gasteiger partial charge in [-0.2, -0.15) is 18.4 Å². The smallest absolute Gasteiger partial charge is 0.339 e. The summed E-state index contributed by atoms with van der Waals surface area (Å²) in [6.07, 6.45) is -3.26. The van der Waals surface area contributed by atoms with Gasteiger partial charge in [-0.05, 0) is 12.1 Å². The summed E-state index contributed by atoms with van der Waals surface area (Å²) in [5, 5.41) is 14.9. The highest BCUT2D eigenvalue weighted by molar-refractivity contribution is 5.93. The molecule has 1 aliphatic rings. The molecular formula is C18H18F3N7O2. The van der Waals surface area contributed by atoms with Gasteiger partial charge in [0.1, 0.15) is 18.9 Å². The van der Waals surface area contributed by atoms with Gasteiger partial charge < -0.3 is 10.2 Å². The Morgan fingerprint density at radius 2 is 1.83 bits per heavy atom. The van der Waals surface area contributed by atoms with E-state index in [2.05, 4.69) is 15.4 Å². The van der Waals surface area contributed by atoms with Crippen LogP contribution < -0.4 is 5.32 Å². The van der Waals surface area contributed by atoms with Crippen LogP contribution in [0.3, 0.4) is 0 Å². The summed E-state index contributed by atoms with van der Waals surface area (Å²) in [5.74, 6) is -0.781. The molecular weight excluding hydrogens is 403 g/mol. The maximum Gasteiger partial charge on any atom is 0.418 e. The van der Waals surface area contributed by atoms with Crippen LogP contribution in [0.1, 0.15) is 11.4 Å². The van der Waals surface area contributed by atoms with Crippen molar-refractivity contribution >= 4 is 17.5 Å². The molecule has 0 saturated carbocycles. The fourth-order valence-electron chi connectivity index (χ4n) is 3.05. The van der Waals surface area contributed by atoms with Gasteiger partial charge in [0, 0.05) is 26.2 Å². The van der Waals surface area contributed by atoms with Crippen molar-refractivity contribution < 1.29 is 22.8 Å². The average molecular weight is 421 g/mol. The number of nitriles is 1. The Morgan fingerprint density at radius 3 is 2.47 bits per heavy atom. The minimum Gasteiger partial charge on any atom is -0.339 e. The number of halogens is 3. The van der Waals surface area contributed by atoms with Gasteiger partial charge in [-0.1, -0.05) is 12.1 Å². The molecule has 1 fully saturated rings. The second kappa shape index (κ2) is 8.91. The Hall–Kier alpha value is -3.46. The van der Waals surface area contributed by atoms with Crippen LogP contribution in [0.2, 0.25) is 0 Å². The van der Waals surface area contributed by atoms with Gasteiger partial charge >= 0.3 is 6.18 Å². The summed E-state index contributed by atoms with van der Waals surface area (Å²) in [5.41, 5.74) is -1.19. The number of para-hydroxylation sites is 1. The Morgan fingerprint density at radius 1 is 1.13 bits per heavy atom. The van der Waals surface area contributed by atoms with Crippen LogP contribution in [0, 0.1) is 11.3 Å². The van der Waals surface area contributed by atoms with Crippen LogP contribution in [0.5, 0.6) is 0 Å². The molecule has 0 radical (unpaired) electrons. The third kappa shape index (κ3) is 5.32. The number of alkyl halides is 3. The number of piperazine rings is 1. The summed E-state index contributed by atoms with van der Waals surface area (Å²) in [4.78, 5) is 31.6. The molecule has 2 amide bonds. The van der Waals surface area contributed by atoms with E-state index in [1.165, 1.54) is 29.2 Å². The van der Waals surface area contributed by atoms with Crippen molar-refractivity contribution in [2.24, 2.45) is 0 Å². The number of aromatic nitrogens is 3. The first-order chi connectivity index (χ1) is 14.3. The minimum absolute atomic E-state index is 0.0225. The summed E-state index contributed by atoms with van der Waals surface area (Å²) in [7, 11) is 0. The van der Waals surface area contributed by atoms with Crippen LogP contribution in [0.4, 0.5) is 18.9 Å². The van der Waals surface area contributed by atoms with Crippen molar-refractivity contribution in [3.8, 4) is 6.07 Å². The largest absolute Gasteiger partial charge is 0.418 e. The van der Waals surface area contributed by atoms with E-state index in [0.29, 0.717) is 26.2 Å². The maximum atomic E-state index is 13.0. The molecule has 9 nitrogen and oxygen atoms in total. The lowest BCUT2D eigenvalue weighted by Gasteiger charge is -2.34. The van der Waals surface area contributed by atoms with Gasteiger partial charge in [0.15, 0.2) is 0 Å². The second-order valence-corrected chi connectivity index (χ2v) is 6.63. The van der Waals surface area contributed by atoms with Gasteiger partial charge in [0.25, 0.3) is 5.82 Å². The highest BCUT2D eigenvalue weighted by Gasteiger charge is 2.33. The molecule has 1 saturated heterocycles. The normalized spacial score (nSPS) is 14.9. The summed E-state index contributed by atoms with van der Waals surface area (Å²) in [6.45, 7) is 1.41. The number of hydrogen-bond donors (Lipinski definition) is 1. The average Bonchev–Trinajstić information content (AvgIpc) is 3.15. The van der Waals surface area contributed by atoms with E-state index in [1.807, 2.05) is 0 Å². The number of anilines is 1. The molecule has 0 aliphatic carbocycles. The van der Waals surface area contributed by atoms with E-state index >= 15 is 0 Å². The van der Waals surface area contributed by atoms with Crippen LogP contribution in [-0.2, 0) is 22.3 Å². The number of carbonyl (C=O) groups excluding carboxylic acids is 2. The van der Waals surface area contributed by atoms with Crippen LogP contribution >= 0.6 is 0 Å². The van der Waals surface area contributed by atoms with Crippen LogP contribution in [0.15, 0.2) is 30.6 Å². The number of carbonyl (C=O) groups is 2. The van der Waals surface area contributed by atoms with Gasteiger partial charge in [-0.15, -0.1) is 5.10 Å². The standard InChI is InChI=1S/C18H18F3N7O2/c19-18(20,21)13-3-1-2-4-14(13)24-16(29)10-26-5-7-27(8-6-26)17(30)11-28-12-23-15(9-22)25-28/h1-4,12H,5-8,10-11H2,(H,24,29). The highest BCUT2D eigenvalue weighted by Crippen LogP contribution is 2.34. The molecule has 1 aliphatic heterocycles. The number of benzene rings is 1. The zero-order chi connectivity index (χ0) is 21.7. The van der Waals surface area contributed by atoms with E-state index in [-0.39, 0.29) is 30.5 Å². The second-order valence-electron chi connectivity index (χ2n) is 6.63. The monoisotopic (exact) mass is 421 g/mol. The molecule has 3 rings (SSSR count). The quantitative estimate of drug-likeness (QED) is 0.771. The van der Waals surface area contributed by atoms with Crippen LogP contribution in [-0.4, -0.2) is 69.1 Å². The predicted octanol–water partition coefficient (Wildman–Crippen LogP) is 0.951. The van der Waals surface area contributed by atoms with Crippen molar-refractivity contribution in [2.45, 2.75) is 12.7 Å². The molecule has 0 spiro atoms. The zero-order valence-corrected chi connectivity index (χ0v) is 15.8. The molecule has 158 valence electrons. The molecule has 1 aromatic carbocycles. The van der Waals surface area contributed by atoms with Gasteiger partial charge in [-0.3, -0.25) is 14.5 Å². The fourth-order valence-corrected chi connectivity index (χ4v) is 3.05. The Kier molecular flexibility index (Phi) is 6.31. The lowest BCUT2D eigenvalue weighted by molar-refractivity contribution is -0.137. The van der Waals surface area contributed by atoms with Gasteiger partial charge in [-0.25, -0.2) is 9.67 Å². The molecule has 0 bridgehead atoms. The van der Waals surface area contributed by atoms with Gasteiger partial charge in [0.05, 0.1) is 17.8 Å². The number of nitrogens with zero attached hydrogens (tertiary/aromatic N) is 6. The lowest BCUT2D eigenvalue weighted by Crippen LogP contribution is -2.51. The maximum absolute atomic E-state index is 13.0. The highest BCUT2D eigenvalue weighted by atomic mass is 19.4. The van der Waals surface area contributed by atoms with Crippen molar-refractivity contribution in [3.05, 3.63) is 42.0 Å². The van der Waals surface area contributed by atoms with E-state index in [0.717, 1.165) is 6.07 Å².